The Kier molecular flexibility index (Phi) is 3.43. The molecule has 1 amide bonds. The summed E-state index contributed by atoms with van der Waals surface area (Å²) in [7, 11) is 0. The monoisotopic (exact) mass is 281 g/mol. The lowest BCUT2D eigenvalue weighted by atomic mass is 10.2. The Bertz CT molecular complexity index is 649. The van der Waals surface area contributed by atoms with Crippen LogP contribution in [0.1, 0.15) is 20.9 Å². The summed E-state index contributed by atoms with van der Waals surface area (Å²) in [4.78, 5) is 22.5. The number of halogens is 1. The van der Waals surface area contributed by atoms with E-state index in [2.05, 4.69) is 5.32 Å². The smallest absolute Gasteiger partial charge is 0.335 e. The van der Waals surface area contributed by atoms with Gasteiger partial charge in [-0.1, -0.05) is 0 Å². The van der Waals surface area contributed by atoms with Crippen molar-refractivity contribution >= 4 is 29.2 Å². The Labute approximate surface area is 112 Å². The van der Waals surface area contributed by atoms with Crippen LogP contribution in [0.15, 0.2) is 34.7 Å². The number of rotatable bonds is 3. The SMILES string of the molecule is O=C(O)c1ccc(O)c(NC(=O)c2ccc(Cl)o2)c1. The summed E-state index contributed by atoms with van der Waals surface area (Å²) in [6.07, 6.45) is 0. The van der Waals surface area contributed by atoms with Gasteiger partial charge in [-0.25, -0.2) is 4.79 Å². The zero-order chi connectivity index (χ0) is 14.0. The molecule has 1 heterocycles. The minimum absolute atomic E-state index is 0.0302. The number of carbonyl (C=O) groups is 2. The quantitative estimate of drug-likeness (QED) is 0.751. The third kappa shape index (κ3) is 2.86. The topological polar surface area (TPSA) is 99.8 Å². The van der Waals surface area contributed by atoms with E-state index in [1.165, 1.54) is 24.3 Å². The van der Waals surface area contributed by atoms with E-state index in [9.17, 15) is 14.7 Å². The summed E-state index contributed by atoms with van der Waals surface area (Å²) in [5.74, 6) is -2.12. The standard InChI is InChI=1S/C12H8ClNO5/c13-10-4-3-9(19-10)11(16)14-7-5-6(12(17)18)1-2-8(7)15/h1-5,15H,(H,14,16)(H,17,18). The Balaban J connectivity index is 2.25. The number of hydrogen-bond donors (Lipinski definition) is 3. The zero-order valence-corrected chi connectivity index (χ0v) is 10.1. The van der Waals surface area contributed by atoms with E-state index in [1.807, 2.05) is 0 Å². The molecule has 0 saturated carbocycles. The normalized spacial score (nSPS) is 10.2. The molecule has 0 radical (unpaired) electrons. The fourth-order valence-electron chi connectivity index (χ4n) is 1.39. The van der Waals surface area contributed by atoms with Crippen molar-refractivity contribution < 1.29 is 24.2 Å². The summed E-state index contributed by atoms with van der Waals surface area (Å²) in [6, 6.07) is 6.28. The van der Waals surface area contributed by atoms with Crippen LogP contribution in [0.3, 0.4) is 0 Å². The number of anilines is 1. The maximum absolute atomic E-state index is 11.7. The minimum atomic E-state index is -1.17. The van der Waals surface area contributed by atoms with Crippen molar-refractivity contribution in [1.82, 2.24) is 0 Å². The predicted molar refractivity (Wildman–Crippen MR) is 66.7 cm³/mol. The molecule has 98 valence electrons. The van der Waals surface area contributed by atoms with Gasteiger partial charge in [0.25, 0.3) is 5.91 Å². The van der Waals surface area contributed by atoms with Gasteiger partial charge in [0, 0.05) is 0 Å². The second-order valence-corrected chi connectivity index (χ2v) is 3.97. The van der Waals surface area contributed by atoms with Crippen LogP contribution >= 0.6 is 11.6 Å². The van der Waals surface area contributed by atoms with E-state index in [-0.39, 0.29) is 28.0 Å². The lowest BCUT2D eigenvalue weighted by Crippen LogP contribution is -2.11. The van der Waals surface area contributed by atoms with Crippen molar-refractivity contribution in [2.75, 3.05) is 5.32 Å². The van der Waals surface area contributed by atoms with Crippen LogP contribution < -0.4 is 5.32 Å². The van der Waals surface area contributed by atoms with Gasteiger partial charge in [-0.05, 0) is 41.9 Å². The van der Waals surface area contributed by atoms with Crippen molar-refractivity contribution in [3.8, 4) is 5.75 Å². The maximum Gasteiger partial charge on any atom is 0.335 e. The first kappa shape index (κ1) is 13.0. The molecule has 3 N–H and O–H groups in total. The summed E-state index contributed by atoms with van der Waals surface area (Å²) < 4.78 is 4.89. The second-order valence-electron chi connectivity index (χ2n) is 3.59. The van der Waals surface area contributed by atoms with Gasteiger partial charge in [0.05, 0.1) is 11.3 Å². The minimum Gasteiger partial charge on any atom is -0.506 e. The molecule has 2 rings (SSSR count). The first-order chi connectivity index (χ1) is 8.97. The number of nitrogens with one attached hydrogen (secondary N) is 1. The molecule has 6 nitrogen and oxygen atoms in total. The Morgan fingerprint density at radius 2 is 1.95 bits per heavy atom. The maximum atomic E-state index is 11.7. The molecule has 0 unspecified atom stereocenters. The van der Waals surface area contributed by atoms with Gasteiger partial charge in [-0.3, -0.25) is 4.79 Å². The molecule has 2 aromatic rings. The third-order valence-corrected chi connectivity index (χ3v) is 2.49. The molecule has 1 aromatic carbocycles. The largest absolute Gasteiger partial charge is 0.506 e. The predicted octanol–water partition coefficient (Wildman–Crippen LogP) is 2.59. The molecular weight excluding hydrogens is 274 g/mol. The molecule has 0 spiro atoms. The molecule has 0 atom stereocenters. The fraction of sp³-hybridized carbons (Fsp3) is 0. The number of carboxylic acids is 1. The number of phenolic OH excluding ortho intramolecular Hbond substituents is 1. The molecule has 1 aromatic heterocycles. The van der Waals surface area contributed by atoms with Gasteiger partial charge in [-0.15, -0.1) is 0 Å². The van der Waals surface area contributed by atoms with Gasteiger partial charge in [-0.2, -0.15) is 0 Å². The summed E-state index contributed by atoms with van der Waals surface area (Å²) >= 11 is 5.53. The van der Waals surface area contributed by atoms with Crippen LogP contribution in [0, 0.1) is 0 Å². The number of furan rings is 1. The number of carbonyl (C=O) groups excluding carboxylic acids is 1. The van der Waals surface area contributed by atoms with Gasteiger partial charge >= 0.3 is 5.97 Å². The van der Waals surface area contributed by atoms with Crippen molar-refractivity contribution in [1.29, 1.82) is 0 Å². The van der Waals surface area contributed by atoms with Crippen molar-refractivity contribution in [3.63, 3.8) is 0 Å². The van der Waals surface area contributed by atoms with E-state index in [0.29, 0.717) is 0 Å². The first-order valence-corrected chi connectivity index (χ1v) is 5.48. The highest BCUT2D eigenvalue weighted by Gasteiger charge is 2.14. The highest BCUT2D eigenvalue weighted by atomic mass is 35.5. The van der Waals surface area contributed by atoms with Gasteiger partial charge in [0.1, 0.15) is 5.75 Å². The van der Waals surface area contributed by atoms with Crippen LogP contribution in [0.2, 0.25) is 5.22 Å². The van der Waals surface area contributed by atoms with E-state index >= 15 is 0 Å². The number of carboxylic acid groups (broad SMARTS) is 1. The lowest BCUT2D eigenvalue weighted by molar-refractivity contribution is 0.0696. The van der Waals surface area contributed by atoms with E-state index in [1.54, 1.807) is 0 Å². The molecule has 0 aliphatic heterocycles. The van der Waals surface area contributed by atoms with Gasteiger partial charge in [0.2, 0.25) is 0 Å². The summed E-state index contributed by atoms with van der Waals surface area (Å²) in [5, 5.41) is 20.8. The Morgan fingerprint density at radius 1 is 1.21 bits per heavy atom. The highest BCUT2D eigenvalue weighted by Crippen LogP contribution is 2.25. The number of hydrogen-bond acceptors (Lipinski definition) is 4. The van der Waals surface area contributed by atoms with Crippen LogP contribution in [0.5, 0.6) is 5.75 Å². The van der Waals surface area contributed by atoms with Gasteiger partial charge < -0.3 is 19.9 Å². The zero-order valence-electron chi connectivity index (χ0n) is 9.38. The molecule has 0 aliphatic carbocycles. The second kappa shape index (κ2) is 5.03. The first-order valence-electron chi connectivity index (χ1n) is 5.10. The van der Waals surface area contributed by atoms with Gasteiger partial charge in [0.15, 0.2) is 11.0 Å². The molecule has 7 heteroatoms. The number of phenols is 1. The average Bonchev–Trinajstić information content (AvgIpc) is 2.78. The molecule has 0 fully saturated rings. The third-order valence-electron chi connectivity index (χ3n) is 2.29. The summed E-state index contributed by atoms with van der Waals surface area (Å²) in [5.41, 5.74) is -0.0944. The van der Waals surface area contributed by atoms with Crippen LogP contribution in [0.4, 0.5) is 5.69 Å². The fourth-order valence-corrected chi connectivity index (χ4v) is 1.54. The molecular formula is C12H8ClNO5. The van der Waals surface area contributed by atoms with E-state index in [0.717, 1.165) is 6.07 Å². The lowest BCUT2D eigenvalue weighted by Gasteiger charge is -2.06. The van der Waals surface area contributed by atoms with Crippen molar-refractivity contribution in [2.45, 2.75) is 0 Å². The van der Waals surface area contributed by atoms with Crippen LogP contribution in [0.25, 0.3) is 0 Å². The Morgan fingerprint density at radius 3 is 2.53 bits per heavy atom. The van der Waals surface area contributed by atoms with E-state index in [4.69, 9.17) is 21.1 Å². The number of benzene rings is 1. The molecule has 0 aliphatic rings. The summed E-state index contributed by atoms with van der Waals surface area (Å²) in [6.45, 7) is 0. The van der Waals surface area contributed by atoms with E-state index < -0.39 is 11.9 Å². The van der Waals surface area contributed by atoms with Crippen LogP contribution in [-0.4, -0.2) is 22.1 Å². The van der Waals surface area contributed by atoms with Crippen LogP contribution in [-0.2, 0) is 0 Å². The number of amides is 1. The Hall–Kier alpha value is -2.47. The van der Waals surface area contributed by atoms with Crippen molar-refractivity contribution in [3.05, 3.63) is 46.9 Å². The average molecular weight is 282 g/mol. The molecule has 0 saturated heterocycles. The molecule has 0 bridgehead atoms. The molecule has 19 heavy (non-hydrogen) atoms. The van der Waals surface area contributed by atoms with Crippen molar-refractivity contribution in [2.24, 2.45) is 0 Å². The number of aromatic hydroxyl groups is 1. The highest BCUT2D eigenvalue weighted by molar-refractivity contribution is 6.29. The number of aromatic carboxylic acids is 1.